The second-order valence-electron chi connectivity index (χ2n) is 6.19. The van der Waals surface area contributed by atoms with Gasteiger partial charge in [0.2, 0.25) is 0 Å². The Labute approximate surface area is 196 Å². The number of carboxylic acids is 1. The number of rotatable bonds is 8. The molecule has 1 unspecified atom stereocenters. The molecule has 1 heterocycles. The van der Waals surface area contributed by atoms with Crippen LogP contribution in [0.2, 0.25) is 5.02 Å². The van der Waals surface area contributed by atoms with Gasteiger partial charge in [0.25, 0.3) is 5.91 Å². The molecular formula is C20H18BrClN2O6S. The Morgan fingerprint density at radius 3 is 2.71 bits per heavy atom. The zero-order valence-corrected chi connectivity index (χ0v) is 19.6. The van der Waals surface area contributed by atoms with Crippen molar-refractivity contribution in [2.75, 3.05) is 26.1 Å². The van der Waals surface area contributed by atoms with E-state index in [9.17, 15) is 9.59 Å². The molecule has 2 aromatic rings. The summed E-state index contributed by atoms with van der Waals surface area (Å²) in [6.07, 6.45) is 1.70. The van der Waals surface area contributed by atoms with Crippen molar-refractivity contribution in [1.82, 2.24) is 5.32 Å². The van der Waals surface area contributed by atoms with Gasteiger partial charge in [-0.15, -0.1) is 0 Å². The van der Waals surface area contributed by atoms with Gasteiger partial charge in [0.05, 0.1) is 29.3 Å². The van der Waals surface area contributed by atoms with E-state index in [0.717, 1.165) is 0 Å². The number of ether oxygens (including phenoxy) is 3. The normalized spacial score (nSPS) is 16.7. The van der Waals surface area contributed by atoms with E-state index in [2.05, 4.69) is 26.6 Å². The summed E-state index contributed by atoms with van der Waals surface area (Å²) in [7, 11) is 3.00. The Morgan fingerprint density at radius 1 is 1.29 bits per heavy atom. The molecule has 1 aliphatic rings. The smallest absolute Gasteiger partial charge is 0.341 e. The minimum absolute atomic E-state index is 0.246. The minimum Gasteiger partial charge on any atom is -0.495 e. The first-order chi connectivity index (χ1) is 14.8. The van der Waals surface area contributed by atoms with Crippen molar-refractivity contribution in [3.8, 4) is 17.2 Å². The molecule has 0 aromatic heterocycles. The van der Waals surface area contributed by atoms with Gasteiger partial charge < -0.3 is 30.0 Å². The summed E-state index contributed by atoms with van der Waals surface area (Å²) in [4.78, 5) is 23.7. The van der Waals surface area contributed by atoms with Crippen molar-refractivity contribution in [2.24, 2.45) is 0 Å². The highest BCUT2D eigenvalue weighted by molar-refractivity contribution is 9.10. The monoisotopic (exact) mass is 528 g/mol. The van der Waals surface area contributed by atoms with Gasteiger partial charge in [-0.2, -0.15) is 0 Å². The van der Waals surface area contributed by atoms with Crippen molar-refractivity contribution in [3.05, 3.63) is 50.3 Å². The number of carbonyl (C=O) groups is 2. The molecule has 164 valence electrons. The predicted octanol–water partition coefficient (Wildman–Crippen LogP) is 4.18. The van der Waals surface area contributed by atoms with Crippen LogP contribution >= 0.6 is 39.3 Å². The number of amides is 1. The topological polar surface area (TPSA) is 106 Å². The van der Waals surface area contributed by atoms with Crippen LogP contribution in [0.4, 0.5) is 5.69 Å². The molecule has 1 fully saturated rings. The highest BCUT2D eigenvalue weighted by Crippen LogP contribution is 2.39. The Kier molecular flexibility index (Phi) is 7.58. The third kappa shape index (κ3) is 5.78. The number of thioether (sulfide) groups is 1. The lowest BCUT2D eigenvalue weighted by atomic mass is 10.2. The lowest BCUT2D eigenvalue weighted by molar-refractivity contribution is -0.139. The Morgan fingerprint density at radius 2 is 2.03 bits per heavy atom. The third-order valence-corrected chi connectivity index (χ3v) is 5.92. The largest absolute Gasteiger partial charge is 0.495 e. The van der Waals surface area contributed by atoms with Gasteiger partial charge in [-0.3, -0.25) is 4.79 Å². The molecule has 3 N–H and O–H groups in total. The summed E-state index contributed by atoms with van der Waals surface area (Å²) in [5.74, 6) is -0.145. The van der Waals surface area contributed by atoms with Crippen LogP contribution in [-0.4, -0.2) is 43.3 Å². The average Bonchev–Trinajstić information content (AvgIpc) is 3.05. The molecule has 31 heavy (non-hydrogen) atoms. The van der Waals surface area contributed by atoms with E-state index in [1.807, 2.05) is 0 Å². The van der Waals surface area contributed by atoms with E-state index >= 15 is 0 Å². The molecule has 0 radical (unpaired) electrons. The summed E-state index contributed by atoms with van der Waals surface area (Å²) >= 11 is 10.7. The zero-order chi connectivity index (χ0) is 22.5. The second kappa shape index (κ2) is 10.2. The predicted molar refractivity (Wildman–Crippen MR) is 123 cm³/mol. The van der Waals surface area contributed by atoms with Gasteiger partial charge in [-0.25, -0.2) is 4.79 Å². The highest BCUT2D eigenvalue weighted by atomic mass is 79.9. The first-order valence-electron chi connectivity index (χ1n) is 8.82. The molecule has 0 saturated carbocycles. The standard InChI is InChI=1S/C20H18BrClN2O6S/c1-28-14-4-3-11(22)8-13(14)23-20-24-19(27)16(31-20)7-10-5-12(21)18(15(6-10)29-2)30-9-17(25)26/h3-8,20,23H,9H2,1-2H3,(H,24,27)(H,25,26)/b16-7-. The Hall–Kier alpha value is -2.56. The number of nitrogens with one attached hydrogen (secondary N) is 2. The number of hydrogen-bond donors (Lipinski definition) is 3. The molecule has 11 heteroatoms. The van der Waals surface area contributed by atoms with Crippen LogP contribution in [0, 0.1) is 0 Å². The number of aliphatic carboxylic acids is 1. The fourth-order valence-electron chi connectivity index (χ4n) is 2.75. The average molecular weight is 530 g/mol. The van der Waals surface area contributed by atoms with Crippen molar-refractivity contribution in [3.63, 3.8) is 0 Å². The van der Waals surface area contributed by atoms with E-state index in [1.165, 1.54) is 18.9 Å². The minimum atomic E-state index is -1.10. The molecule has 2 aromatic carbocycles. The molecule has 0 bridgehead atoms. The molecule has 1 saturated heterocycles. The quantitative estimate of drug-likeness (QED) is 0.437. The van der Waals surface area contributed by atoms with E-state index < -0.39 is 18.1 Å². The van der Waals surface area contributed by atoms with Crippen molar-refractivity contribution in [2.45, 2.75) is 5.50 Å². The fourth-order valence-corrected chi connectivity index (χ4v) is 4.47. The van der Waals surface area contributed by atoms with Crippen molar-refractivity contribution in [1.29, 1.82) is 0 Å². The summed E-state index contributed by atoms with van der Waals surface area (Å²) in [6, 6.07) is 8.53. The number of benzene rings is 2. The molecule has 0 aliphatic carbocycles. The summed E-state index contributed by atoms with van der Waals surface area (Å²) in [5.41, 5.74) is 0.901. The molecule has 0 spiro atoms. The van der Waals surface area contributed by atoms with Crippen LogP contribution in [0.5, 0.6) is 17.2 Å². The van der Waals surface area contributed by atoms with Gasteiger partial charge in [-0.05, 0) is 57.9 Å². The number of halogens is 2. The number of carbonyl (C=O) groups excluding carboxylic acids is 1. The number of carboxylic acid groups (broad SMARTS) is 1. The summed E-state index contributed by atoms with van der Waals surface area (Å²) in [6.45, 7) is -0.506. The van der Waals surface area contributed by atoms with Crippen molar-refractivity contribution < 1.29 is 28.9 Å². The molecule has 1 atom stereocenters. The number of methoxy groups -OCH3 is 2. The zero-order valence-electron chi connectivity index (χ0n) is 16.4. The molecule has 8 nitrogen and oxygen atoms in total. The first kappa shape index (κ1) is 23.1. The SMILES string of the molecule is COc1ccc(Cl)cc1NC1NC(=O)/C(=C/c2cc(Br)c(OCC(=O)O)c(OC)c2)S1. The van der Waals surface area contributed by atoms with Crippen LogP contribution in [0.15, 0.2) is 39.7 Å². The van der Waals surface area contributed by atoms with Crippen LogP contribution < -0.4 is 24.8 Å². The molecule has 3 rings (SSSR count). The van der Waals surface area contributed by atoms with Gasteiger partial charge in [-0.1, -0.05) is 23.4 Å². The maximum atomic E-state index is 12.5. The van der Waals surface area contributed by atoms with Crippen LogP contribution in [0.1, 0.15) is 5.56 Å². The van der Waals surface area contributed by atoms with E-state index in [4.69, 9.17) is 30.9 Å². The Balaban J connectivity index is 1.80. The van der Waals surface area contributed by atoms with Gasteiger partial charge in [0.15, 0.2) is 23.6 Å². The number of hydrogen-bond acceptors (Lipinski definition) is 7. The second-order valence-corrected chi connectivity index (χ2v) is 8.62. The maximum absolute atomic E-state index is 12.5. The Bertz CT molecular complexity index is 1050. The fraction of sp³-hybridized carbons (Fsp3) is 0.200. The van der Waals surface area contributed by atoms with Gasteiger partial charge in [0, 0.05) is 5.02 Å². The van der Waals surface area contributed by atoms with E-state index in [-0.39, 0.29) is 11.7 Å². The van der Waals surface area contributed by atoms with Crippen LogP contribution in [-0.2, 0) is 9.59 Å². The van der Waals surface area contributed by atoms with Crippen LogP contribution in [0.3, 0.4) is 0 Å². The molecule has 1 aliphatic heterocycles. The molecule has 1 amide bonds. The summed E-state index contributed by atoms with van der Waals surface area (Å²) in [5, 5.41) is 15.4. The lowest BCUT2D eigenvalue weighted by Gasteiger charge is -2.15. The van der Waals surface area contributed by atoms with Gasteiger partial charge >= 0.3 is 5.97 Å². The van der Waals surface area contributed by atoms with Crippen LogP contribution in [0.25, 0.3) is 6.08 Å². The van der Waals surface area contributed by atoms with E-state index in [1.54, 1.807) is 43.5 Å². The lowest BCUT2D eigenvalue weighted by Crippen LogP contribution is -2.31. The van der Waals surface area contributed by atoms with E-state index in [0.29, 0.717) is 37.2 Å². The molecular weight excluding hydrogens is 512 g/mol. The maximum Gasteiger partial charge on any atom is 0.341 e. The highest BCUT2D eigenvalue weighted by Gasteiger charge is 2.28. The number of anilines is 1. The summed E-state index contributed by atoms with van der Waals surface area (Å²) < 4.78 is 16.4. The van der Waals surface area contributed by atoms with Crippen molar-refractivity contribution >= 4 is 62.9 Å². The van der Waals surface area contributed by atoms with Gasteiger partial charge in [0.1, 0.15) is 5.75 Å². The third-order valence-electron chi connectivity index (χ3n) is 4.07. The first-order valence-corrected chi connectivity index (χ1v) is 10.9.